The number of halogens is 3. The summed E-state index contributed by atoms with van der Waals surface area (Å²) in [5.41, 5.74) is 0.201. The van der Waals surface area contributed by atoms with Crippen molar-refractivity contribution >= 4 is 11.8 Å². The fourth-order valence-electron chi connectivity index (χ4n) is 2.06. The molecule has 9 heteroatoms. The van der Waals surface area contributed by atoms with Gasteiger partial charge >= 0.3 is 12.1 Å². The highest BCUT2D eigenvalue weighted by molar-refractivity contribution is 5.94. The van der Waals surface area contributed by atoms with Crippen LogP contribution in [0.5, 0.6) is 0 Å². The van der Waals surface area contributed by atoms with Gasteiger partial charge in [-0.1, -0.05) is 0 Å². The first-order valence-corrected chi connectivity index (χ1v) is 6.34. The molecular formula is C12H15F3N4O2. The van der Waals surface area contributed by atoms with E-state index >= 15 is 0 Å². The zero-order chi connectivity index (χ0) is 15.5. The quantitative estimate of drug-likeness (QED) is 0.800. The number of aromatic nitrogens is 2. The van der Waals surface area contributed by atoms with Crippen LogP contribution in [0.25, 0.3) is 0 Å². The molecule has 0 bridgehead atoms. The summed E-state index contributed by atoms with van der Waals surface area (Å²) in [6.07, 6.45) is -0.531. The summed E-state index contributed by atoms with van der Waals surface area (Å²) in [6.45, 7) is -0.995. The van der Waals surface area contributed by atoms with E-state index in [1.54, 1.807) is 0 Å². The van der Waals surface area contributed by atoms with Crippen molar-refractivity contribution < 1.29 is 22.7 Å². The van der Waals surface area contributed by atoms with Gasteiger partial charge in [0.2, 0.25) is 0 Å². The molecule has 1 aliphatic carbocycles. The van der Waals surface area contributed by atoms with E-state index in [2.05, 4.69) is 25.3 Å². The fraction of sp³-hybridized carbons (Fsp3) is 0.583. The highest BCUT2D eigenvalue weighted by Gasteiger charge is 2.34. The Bertz CT molecular complexity index is 504. The second-order valence-electron chi connectivity index (χ2n) is 4.78. The molecule has 6 nitrogen and oxygen atoms in total. The molecule has 0 unspecified atom stereocenters. The van der Waals surface area contributed by atoms with Gasteiger partial charge in [0.25, 0.3) is 0 Å². The van der Waals surface area contributed by atoms with Crippen LogP contribution in [0.2, 0.25) is 0 Å². The monoisotopic (exact) mass is 304 g/mol. The van der Waals surface area contributed by atoms with Gasteiger partial charge < -0.3 is 15.4 Å². The molecular weight excluding hydrogens is 289 g/mol. The molecule has 0 spiro atoms. The molecule has 1 aromatic heterocycles. The van der Waals surface area contributed by atoms with Gasteiger partial charge in [-0.05, 0) is 12.8 Å². The first-order valence-electron chi connectivity index (χ1n) is 6.34. The third-order valence-corrected chi connectivity index (χ3v) is 3.19. The molecule has 0 atom stereocenters. The van der Waals surface area contributed by atoms with Crippen molar-refractivity contribution in [2.45, 2.75) is 31.1 Å². The van der Waals surface area contributed by atoms with E-state index < -0.39 is 18.7 Å². The Balaban J connectivity index is 1.84. The number of nitrogens with zero attached hydrogens (tertiary/aromatic N) is 2. The molecule has 21 heavy (non-hydrogen) atoms. The molecule has 1 fully saturated rings. The summed E-state index contributed by atoms with van der Waals surface area (Å²) in [6, 6.07) is -0.221. The van der Waals surface area contributed by atoms with E-state index in [9.17, 15) is 18.0 Å². The molecule has 0 aromatic carbocycles. The number of methoxy groups -OCH3 is 1. The van der Waals surface area contributed by atoms with Crippen LogP contribution in [-0.2, 0) is 4.74 Å². The number of hydrogen-bond donors (Lipinski definition) is 2. The molecule has 1 aliphatic rings. The number of nitrogens with one attached hydrogen (secondary N) is 2. The topological polar surface area (TPSA) is 76.1 Å². The Morgan fingerprint density at radius 3 is 2.76 bits per heavy atom. The number of carbonyl (C=O) groups excluding carboxylic acids is 1. The second kappa shape index (κ2) is 6.25. The van der Waals surface area contributed by atoms with Crippen molar-refractivity contribution in [3.63, 3.8) is 0 Å². The Morgan fingerprint density at radius 1 is 1.43 bits per heavy atom. The SMILES string of the molecule is COC(=O)c1cncnc1NC1CC(NCC(F)(F)F)C1. The lowest BCUT2D eigenvalue weighted by atomic mass is 9.86. The van der Waals surface area contributed by atoms with Crippen LogP contribution in [0.3, 0.4) is 0 Å². The van der Waals surface area contributed by atoms with Gasteiger partial charge in [-0.25, -0.2) is 14.8 Å². The zero-order valence-corrected chi connectivity index (χ0v) is 11.3. The van der Waals surface area contributed by atoms with E-state index in [1.165, 1.54) is 19.6 Å². The fourth-order valence-corrected chi connectivity index (χ4v) is 2.06. The lowest BCUT2D eigenvalue weighted by Crippen LogP contribution is -2.50. The minimum absolute atomic E-state index is 0.0333. The zero-order valence-electron chi connectivity index (χ0n) is 11.3. The molecule has 0 saturated heterocycles. The van der Waals surface area contributed by atoms with E-state index in [0.29, 0.717) is 18.7 Å². The van der Waals surface area contributed by atoms with Crippen LogP contribution < -0.4 is 10.6 Å². The van der Waals surface area contributed by atoms with Gasteiger partial charge in [-0.15, -0.1) is 0 Å². The van der Waals surface area contributed by atoms with Gasteiger partial charge in [-0.3, -0.25) is 0 Å². The number of anilines is 1. The average Bonchev–Trinajstić information content (AvgIpc) is 2.39. The van der Waals surface area contributed by atoms with Crippen molar-refractivity contribution in [2.24, 2.45) is 0 Å². The Kier molecular flexibility index (Phi) is 4.61. The number of rotatable bonds is 5. The Labute approximate surface area is 119 Å². The summed E-state index contributed by atoms with van der Waals surface area (Å²) in [7, 11) is 1.25. The lowest BCUT2D eigenvalue weighted by Gasteiger charge is -2.37. The minimum Gasteiger partial charge on any atom is -0.465 e. The van der Waals surface area contributed by atoms with Gasteiger partial charge in [-0.2, -0.15) is 13.2 Å². The van der Waals surface area contributed by atoms with Crippen LogP contribution in [0.15, 0.2) is 12.5 Å². The number of hydrogen-bond acceptors (Lipinski definition) is 6. The van der Waals surface area contributed by atoms with Crippen LogP contribution in [-0.4, -0.2) is 47.9 Å². The van der Waals surface area contributed by atoms with E-state index in [-0.39, 0.29) is 17.6 Å². The first-order chi connectivity index (χ1) is 9.89. The van der Waals surface area contributed by atoms with E-state index in [4.69, 9.17) is 0 Å². The van der Waals surface area contributed by atoms with Crippen molar-refractivity contribution in [3.8, 4) is 0 Å². The summed E-state index contributed by atoms with van der Waals surface area (Å²) in [5, 5.41) is 5.45. The standard InChI is InChI=1S/C12H15F3N4O2/c1-21-11(20)9-4-16-6-18-10(9)19-8-2-7(3-8)17-5-12(13,14)15/h4,6-8,17H,2-3,5H2,1H3,(H,16,18,19). The predicted molar refractivity (Wildman–Crippen MR) is 67.9 cm³/mol. The van der Waals surface area contributed by atoms with Gasteiger partial charge in [0.15, 0.2) is 0 Å². The van der Waals surface area contributed by atoms with Crippen LogP contribution in [0, 0.1) is 0 Å². The van der Waals surface area contributed by atoms with Crippen LogP contribution >= 0.6 is 0 Å². The largest absolute Gasteiger partial charge is 0.465 e. The van der Waals surface area contributed by atoms with Gasteiger partial charge in [0, 0.05) is 18.3 Å². The molecule has 1 saturated carbocycles. The minimum atomic E-state index is -4.21. The first kappa shape index (κ1) is 15.5. The van der Waals surface area contributed by atoms with Gasteiger partial charge in [0.05, 0.1) is 13.7 Å². The Morgan fingerprint density at radius 2 is 2.14 bits per heavy atom. The number of esters is 1. The predicted octanol–water partition coefficient (Wildman–Crippen LogP) is 1.36. The number of alkyl halides is 3. The highest BCUT2D eigenvalue weighted by atomic mass is 19.4. The third kappa shape index (κ3) is 4.28. The third-order valence-electron chi connectivity index (χ3n) is 3.19. The van der Waals surface area contributed by atoms with Crippen molar-refractivity contribution in [1.82, 2.24) is 15.3 Å². The smallest absolute Gasteiger partial charge is 0.401 e. The highest BCUT2D eigenvalue weighted by Crippen LogP contribution is 2.26. The maximum absolute atomic E-state index is 12.1. The van der Waals surface area contributed by atoms with E-state index in [0.717, 1.165) is 0 Å². The lowest BCUT2D eigenvalue weighted by molar-refractivity contribution is -0.127. The average molecular weight is 304 g/mol. The normalized spacial score (nSPS) is 21.5. The molecule has 0 aliphatic heterocycles. The molecule has 116 valence electrons. The Hall–Kier alpha value is -1.90. The summed E-state index contributed by atoms with van der Waals surface area (Å²) < 4.78 is 40.8. The number of carbonyl (C=O) groups is 1. The van der Waals surface area contributed by atoms with Crippen molar-refractivity contribution in [1.29, 1.82) is 0 Å². The number of ether oxygens (including phenoxy) is 1. The van der Waals surface area contributed by atoms with Crippen molar-refractivity contribution in [3.05, 3.63) is 18.1 Å². The maximum atomic E-state index is 12.1. The summed E-state index contributed by atoms with van der Waals surface area (Å²) in [5.74, 6) is -0.236. The van der Waals surface area contributed by atoms with Crippen LogP contribution in [0.1, 0.15) is 23.2 Å². The molecule has 2 N–H and O–H groups in total. The second-order valence-corrected chi connectivity index (χ2v) is 4.78. The molecule has 0 amide bonds. The summed E-state index contributed by atoms with van der Waals surface area (Å²) in [4.78, 5) is 19.2. The molecule has 1 aromatic rings. The van der Waals surface area contributed by atoms with Crippen molar-refractivity contribution in [2.75, 3.05) is 19.0 Å². The van der Waals surface area contributed by atoms with Crippen LogP contribution in [0.4, 0.5) is 19.0 Å². The van der Waals surface area contributed by atoms with Gasteiger partial charge in [0.1, 0.15) is 17.7 Å². The molecule has 1 heterocycles. The maximum Gasteiger partial charge on any atom is 0.401 e. The van der Waals surface area contributed by atoms with E-state index in [1.807, 2.05) is 0 Å². The molecule has 0 radical (unpaired) electrons. The summed E-state index contributed by atoms with van der Waals surface area (Å²) >= 11 is 0. The molecule has 2 rings (SSSR count).